The van der Waals surface area contributed by atoms with Crippen LogP contribution in [0.5, 0.6) is 0 Å². The second-order valence-corrected chi connectivity index (χ2v) is 13.7. The molecule has 0 saturated carbocycles. The second kappa shape index (κ2) is 35.3. The molecule has 0 radical (unpaired) electrons. The van der Waals surface area contributed by atoms with E-state index < -0.39 is 43.4 Å². The van der Waals surface area contributed by atoms with Crippen LogP contribution in [0.2, 0.25) is 0 Å². The Balaban J connectivity index is 2.32. The van der Waals surface area contributed by atoms with Crippen molar-refractivity contribution in [1.82, 2.24) is 0 Å². The molecule has 1 rings (SSSR count). The summed E-state index contributed by atoms with van der Waals surface area (Å²) in [5.74, 6) is -0.359. The Morgan fingerprint density at radius 1 is 0.623 bits per heavy atom. The number of aliphatic hydroxyl groups excluding tert-OH is 4. The predicted octanol–water partition coefficient (Wildman–Crippen LogP) is 8.52. The molecule has 4 N–H and O–H groups in total. The lowest BCUT2D eigenvalue weighted by Crippen LogP contribution is -2.59. The average Bonchev–Trinajstić information content (AvgIpc) is 3.16. The molecular weight excluding hydrogens is 672 g/mol. The third-order valence-corrected chi connectivity index (χ3v) is 8.89. The summed E-state index contributed by atoms with van der Waals surface area (Å²) in [6.07, 6.45) is 37.9. The van der Waals surface area contributed by atoms with E-state index in [1.165, 1.54) is 44.9 Å². The minimum atomic E-state index is -1.55. The van der Waals surface area contributed by atoms with Crippen LogP contribution in [0.1, 0.15) is 136 Å². The van der Waals surface area contributed by atoms with Crippen LogP contribution in [0.3, 0.4) is 0 Å². The number of esters is 1. The van der Waals surface area contributed by atoms with Crippen molar-refractivity contribution in [2.24, 2.45) is 0 Å². The molecular formula is C44H74O9. The summed E-state index contributed by atoms with van der Waals surface area (Å²) in [6, 6.07) is 0. The van der Waals surface area contributed by atoms with E-state index >= 15 is 0 Å². The minimum absolute atomic E-state index is 0.124. The third kappa shape index (κ3) is 27.0. The summed E-state index contributed by atoms with van der Waals surface area (Å²) in [6.45, 7) is 4.35. The lowest BCUT2D eigenvalue weighted by Gasteiger charge is -2.39. The van der Waals surface area contributed by atoms with Gasteiger partial charge in [0.25, 0.3) is 0 Å². The molecule has 0 aromatic heterocycles. The normalized spacial score (nSPS) is 21.8. The average molecular weight is 747 g/mol. The maximum atomic E-state index is 12.7. The molecule has 1 heterocycles. The number of aliphatic hydroxyl groups is 4. The van der Waals surface area contributed by atoms with E-state index in [4.69, 9.17) is 18.9 Å². The van der Waals surface area contributed by atoms with Gasteiger partial charge < -0.3 is 39.4 Å². The molecule has 9 heteroatoms. The summed E-state index contributed by atoms with van der Waals surface area (Å²) in [5, 5.41) is 39.9. The molecule has 0 aromatic rings. The molecule has 0 aliphatic carbocycles. The van der Waals surface area contributed by atoms with Gasteiger partial charge in [-0.25, -0.2) is 0 Å². The van der Waals surface area contributed by atoms with Gasteiger partial charge in [-0.1, -0.05) is 138 Å². The minimum Gasteiger partial charge on any atom is -0.457 e. The van der Waals surface area contributed by atoms with E-state index in [0.29, 0.717) is 13.0 Å². The van der Waals surface area contributed by atoms with E-state index in [2.05, 4.69) is 86.8 Å². The molecule has 53 heavy (non-hydrogen) atoms. The van der Waals surface area contributed by atoms with Crippen molar-refractivity contribution in [1.29, 1.82) is 0 Å². The number of rotatable bonds is 33. The van der Waals surface area contributed by atoms with Gasteiger partial charge in [-0.2, -0.15) is 0 Å². The fraction of sp³-hybridized carbons (Fsp3) is 0.705. The van der Waals surface area contributed by atoms with Crippen molar-refractivity contribution in [3.8, 4) is 0 Å². The lowest BCUT2D eigenvalue weighted by atomic mass is 9.99. The molecule has 0 aromatic carbocycles. The van der Waals surface area contributed by atoms with Crippen molar-refractivity contribution >= 4 is 5.97 Å². The molecule has 0 spiro atoms. The summed E-state index contributed by atoms with van der Waals surface area (Å²) in [5.41, 5.74) is 0. The highest BCUT2D eigenvalue weighted by atomic mass is 16.7. The first-order chi connectivity index (χ1) is 25.9. The lowest BCUT2D eigenvalue weighted by molar-refractivity contribution is -0.305. The third-order valence-electron chi connectivity index (χ3n) is 8.89. The van der Waals surface area contributed by atoms with Crippen molar-refractivity contribution in [3.05, 3.63) is 72.9 Å². The fourth-order valence-electron chi connectivity index (χ4n) is 5.67. The van der Waals surface area contributed by atoms with Crippen LogP contribution in [-0.2, 0) is 23.7 Å². The number of hydrogen-bond acceptors (Lipinski definition) is 9. The maximum absolute atomic E-state index is 12.7. The summed E-state index contributed by atoms with van der Waals surface area (Å²) < 4.78 is 22.6. The standard InChI is InChI=1S/C44H74O9/c1-3-5-7-9-11-13-14-15-16-17-18-19-20-21-22-23-24-25-27-29-31-33-40(46)52-38(36-50-34-32-30-28-26-12-10-8-6-4-2)37-51-44-43(49)42(48)41(47)39(35-45)53-44/h5,7,11,13,15-16,18-19,21-22,24-25,38-39,41-45,47-49H,3-4,6,8-10,12,14,17,20,23,26-37H2,1-2H3/b7-5-,13-11-,16-15-,19-18-,22-21-,25-24-. The number of ether oxygens (including phenoxy) is 4. The fourth-order valence-corrected chi connectivity index (χ4v) is 5.67. The van der Waals surface area contributed by atoms with Crippen LogP contribution in [-0.4, -0.2) is 89.6 Å². The Bertz CT molecular complexity index is 1030. The Morgan fingerprint density at radius 2 is 1.15 bits per heavy atom. The Morgan fingerprint density at radius 3 is 1.70 bits per heavy atom. The van der Waals surface area contributed by atoms with E-state index in [1.54, 1.807) is 0 Å². The summed E-state index contributed by atoms with van der Waals surface area (Å²) in [4.78, 5) is 12.7. The Kier molecular flexibility index (Phi) is 32.4. The van der Waals surface area contributed by atoms with E-state index in [9.17, 15) is 25.2 Å². The second-order valence-electron chi connectivity index (χ2n) is 13.7. The first-order valence-corrected chi connectivity index (χ1v) is 20.5. The largest absolute Gasteiger partial charge is 0.457 e. The molecule has 6 atom stereocenters. The van der Waals surface area contributed by atoms with Gasteiger partial charge in [-0.3, -0.25) is 4.79 Å². The van der Waals surface area contributed by atoms with Crippen LogP contribution in [0.25, 0.3) is 0 Å². The predicted molar refractivity (Wildman–Crippen MR) is 214 cm³/mol. The van der Waals surface area contributed by atoms with Gasteiger partial charge in [0.2, 0.25) is 0 Å². The summed E-state index contributed by atoms with van der Waals surface area (Å²) in [7, 11) is 0. The number of hydrogen-bond donors (Lipinski definition) is 4. The molecule has 0 amide bonds. The van der Waals surface area contributed by atoms with Crippen molar-refractivity contribution < 1.29 is 44.2 Å². The highest BCUT2D eigenvalue weighted by molar-refractivity contribution is 5.69. The summed E-state index contributed by atoms with van der Waals surface area (Å²) >= 11 is 0. The van der Waals surface area contributed by atoms with Gasteiger partial charge in [0.1, 0.15) is 30.5 Å². The zero-order chi connectivity index (χ0) is 38.6. The van der Waals surface area contributed by atoms with Crippen LogP contribution < -0.4 is 0 Å². The van der Waals surface area contributed by atoms with Crippen LogP contribution in [0.4, 0.5) is 0 Å². The van der Waals surface area contributed by atoms with Gasteiger partial charge in [-0.15, -0.1) is 0 Å². The smallest absolute Gasteiger partial charge is 0.306 e. The van der Waals surface area contributed by atoms with Gasteiger partial charge in [0, 0.05) is 13.0 Å². The first-order valence-electron chi connectivity index (χ1n) is 20.5. The molecule has 304 valence electrons. The zero-order valence-corrected chi connectivity index (χ0v) is 33.0. The van der Waals surface area contributed by atoms with Crippen molar-refractivity contribution in [2.45, 2.75) is 173 Å². The molecule has 1 aliphatic rings. The number of unbranched alkanes of at least 4 members (excludes halogenated alkanes) is 10. The maximum Gasteiger partial charge on any atom is 0.306 e. The Hall–Kier alpha value is -2.37. The van der Waals surface area contributed by atoms with Crippen molar-refractivity contribution in [3.63, 3.8) is 0 Å². The Labute approximate surface area is 321 Å². The number of carbonyl (C=O) groups is 1. The van der Waals surface area contributed by atoms with Crippen molar-refractivity contribution in [2.75, 3.05) is 26.4 Å². The van der Waals surface area contributed by atoms with Crippen LogP contribution >= 0.6 is 0 Å². The van der Waals surface area contributed by atoms with Crippen LogP contribution in [0.15, 0.2) is 72.9 Å². The number of carbonyl (C=O) groups excluding carboxylic acids is 1. The van der Waals surface area contributed by atoms with E-state index in [-0.39, 0.29) is 25.6 Å². The highest BCUT2D eigenvalue weighted by Gasteiger charge is 2.44. The molecule has 0 bridgehead atoms. The SMILES string of the molecule is CC/C=C\C/C=C\C/C=C\C/C=C\C/C=C\C/C=C\CCCCC(=O)OC(COCCCCCCCCCCC)COC1OC(CO)C(O)C(O)C1O. The monoisotopic (exact) mass is 747 g/mol. The van der Waals surface area contributed by atoms with Gasteiger partial charge >= 0.3 is 5.97 Å². The van der Waals surface area contributed by atoms with E-state index in [1.807, 2.05) is 0 Å². The van der Waals surface area contributed by atoms with Gasteiger partial charge in [0.05, 0.1) is 19.8 Å². The van der Waals surface area contributed by atoms with E-state index in [0.717, 1.165) is 64.2 Å². The molecule has 1 saturated heterocycles. The highest BCUT2D eigenvalue weighted by Crippen LogP contribution is 2.22. The first kappa shape index (κ1) is 48.6. The quantitative estimate of drug-likeness (QED) is 0.0296. The topological polar surface area (TPSA) is 135 Å². The zero-order valence-electron chi connectivity index (χ0n) is 33.0. The molecule has 9 nitrogen and oxygen atoms in total. The molecule has 1 aliphatic heterocycles. The van der Waals surface area contributed by atoms with Gasteiger partial charge in [0.15, 0.2) is 6.29 Å². The molecule has 1 fully saturated rings. The van der Waals surface area contributed by atoms with Crippen LogP contribution in [0, 0.1) is 0 Å². The number of allylic oxidation sites excluding steroid dienone is 12. The molecule has 6 unspecified atom stereocenters. The van der Waals surface area contributed by atoms with Gasteiger partial charge in [-0.05, 0) is 64.2 Å².